The number of hydrogen-bond acceptors (Lipinski definition) is 6. The molecular weight excluding hydrogens is 344 g/mol. The monoisotopic (exact) mass is 362 g/mol. The molecule has 25 heavy (non-hydrogen) atoms. The van der Waals surface area contributed by atoms with Crippen molar-refractivity contribution in [3.05, 3.63) is 54.1 Å². The van der Waals surface area contributed by atoms with Gasteiger partial charge in [0.05, 0.1) is 23.7 Å². The number of aromatic nitrogens is 2. The maximum absolute atomic E-state index is 12.4. The molecule has 1 unspecified atom stereocenters. The van der Waals surface area contributed by atoms with E-state index in [9.17, 15) is 13.2 Å². The van der Waals surface area contributed by atoms with Crippen LogP contribution in [0.15, 0.2) is 47.8 Å². The second-order valence-electron chi connectivity index (χ2n) is 5.59. The Labute approximate surface area is 145 Å². The molecule has 1 saturated heterocycles. The molecule has 0 aliphatic carbocycles. The van der Waals surface area contributed by atoms with Crippen molar-refractivity contribution < 1.29 is 17.9 Å². The van der Waals surface area contributed by atoms with Gasteiger partial charge < -0.3 is 10.1 Å². The van der Waals surface area contributed by atoms with Crippen LogP contribution in [0.3, 0.4) is 0 Å². The number of nitrogens with one attached hydrogen (secondary N) is 2. The quantitative estimate of drug-likeness (QED) is 0.773. The summed E-state index contributed by atoms with van der Waals surface area (Å²) in [6, 6.07) is 7.37. The Balaban J connectivity index is 1.68. The van der Waals surface area contributed by atoms with Gasteiger partial charge in [-0.05, 0) is 30.7 Å². The van der Waals surface area contributed by atoms with E-state index < -0.39 is 10.0 Å². The molecule has 0 radical (unpaired) electrons. The zero-order chi connectivity index (χ0) is 17.7. The van der Waals surface area contributed by atoms with E-state index in [1.54, 1.807) is 24.4 Å². The fourth-order valence-corrected chi connectivity index (χ4v) is 3.72. The minimum atomic E-state index is -3.70. The fraction of sp³-hybridized carbons (Fsp3) is 0.312. The molecule has 2 N–H and O–H groups in total. The van der Waals surface area contributed by atoms with E-state index in [4.69, 9.17) is 4.74 Å². The average Bonchev–Trinajstić information content (AvgIpc) is 3.13. The fourth-order valence-electron chi connectivity index (χ4n) is 2.41. The van der Waals surface area contributed by atoms with Gasteiger partial charge in [0.25, 0.3) is 5.91 Å². The third-order valence-electron chi connectivity index (χ3n) is 3.73. The van der Waals surface area contributed by atoms with Gasteiger partial charge in [-0.2, -0.15) is 0 Å². The summed E-state index contributed by atoms with van der Waals surface area (Å²) in [6.07, 6.45) is 3.62. The molecule has 9 heteroatoms. The number of hydrogen-bond donors (Lipinski definition) is 2. The molecule has 132 valence electrons. The van der Waals surface area contributed by atoms with Gasteiger partial charge >= 0.3 is 0 Å². The van der Waals surface area contributed by atoms with Crippen LogP contribution in [-0.4, -0.2) is 43.5 Å². The van der Waals surface area contributed by atoms with E-state index in [1.807, 2.05) is 0 Å². The van der Waals surface area contributed by atoms with Gasteiger partial charge in [-0.25, -0.2) is 23.1 Å². The highest BCUT2D eigenvalue weighted by Gasteiger charge is 2.24. The molecule has 3 rings (SSSR count). The van der Waals surface area contributed by atoms with Crippen LogP contribution in [0.25, 0.3) is 0 Å². The summed E-state index contributed by atoms with van der Waals surface area (Å²) >= 11 is 0. The van der Waals surface area contributed by atoms with Crippen LogP contribution < -0.4 is 10.0 Å². The van der Waals surface area contributed by atoms with Gasteiger partial charge in [0.2, 0.25) is 10.0 Å². The molecular formula is C16H18N4O4S. The predicted molar refractivity (Wildman–Crippen MR) is 89.2 cm³/mol. The van der Waals surface area contributed by atoms with Crippen LogP contribution >= 0.6 is 0 Å². The highest BCUT2D eigenvalue weighted by Crippen LogP contribution is 2.14. The van der Waals surface area contributed by atoms with Crippen LogP contribution in [0.2, 0.25) is 0 Å². The smallest absolute Gasteiger partial charge is 0.251 e. The standard InChI is InChI=1S/C16H18N4O4S/c21-16(18-9-13-4-6-17-11-19-13)12-2-1-3-15(8-12)25(22,23)20-14-5-7-24-10-14/h1-4,6,8,11,14,20H,5,7,9-10H2,(H,18,21). The first-order valence-electron chi connectivity index (χ1n) is 7.78. The van der Waals surface area contributed by atoms with Crippen LogP contribution in [-0.2, 0) is 21.3 Å². The van der Waals surface area contributed by atoms with E-state index >= 15 is 0 Å². The maximum Gasteiger partial charge on any atom is 0.251 e. The highest BCUT2D eigenvalue weighted by molar-refractivity contribution is 7.89. The van der Waals surface area contributed by atoms with Crippen molar-refractivity contribution in [3.8, 4) is 0 Å². The largest absolute Gasteiger partial charge is 0.380 e. The van der Waals surface area contributed by atoms with E-state index in [0.29, 0.717) is 25.3 Å². The van der Waals surface area contributed by atoms with Crippen molar-refractivity contribution in [2.45, 2.75) is 23.9 Å². The second-order valence-corrected chi connectivity index (χ2v) is 7.31. The molecule has 2 heterocycles. The van der Waals surface area contributed by atoms with Crippen LogP contribution in [0.1, 0.15) is 22.5 Å². The molecule has 1 amide bonds. The van der Waals surface area contributed by atoms with E-state index in [2.05, 4.69) is 20.0 Å². The molecule has 1 aliphatic heterocycles. The number of nitrogens with zero attached hydrogens (tertiary/aromatic N) is 2. The summed E-state index contributed by atoms with van der Waals surface area (Å²) in [5.41, 5.74) is 0.926. The lowest BCUT2D eigenvalue weighted by Gasteiger charge is -2.12. The van der Waals surface area contributed by atoms with Crippen LogP contribution in [0, 0.1) is 0 Å². The molecule has 1 aromatic heterocycles. The van der Waals surface area contributed by atoms with Crippen molar-refractivity contribution in [1.29, 1.82) is 0 Å². The normalized spacial score (nSPS) is 17.4. The number of sulfonamides is 1. The summed E-state index contributed by atoms with van der Waals surface area (Å²) in [5.74, 6) is -0.375. The van der Waals surface area contributed by atoms with Gasteiger partial charge in [-0.15, -0.1) is 0 Å². The number of ether oxygens (including phenoxy) is 1. The molecule has 0 saturated carbocycles. The Morgan fingerprint density at radius 1 is 1.32 bits per heavy atom. The average molecular weight is 362 g/mol. The van der Waals surface area contributed by atoms with Crippen molar-refractivity contribution in [3.63, 3.8) is 0 Å². The first-order valence-corrected chi connectivity index (χ1v) is 9.26. The van der Waals surface area contributed by atoms with Crippen LogP contribution in [0.5, 0.6) is 0 Å². The first kappa shape index (κ1) is 17.5. The number of benzene rings is 1. The van der Waals surface area contributed by atoms with Crippen molar-refractivity contribution in [2.24, 2.45) is 0 Å². The Kier molecular flexibility index (Phi) is 5.37. The zero-order valence-corrected chi connectivity index (χ0v) is 14.2. The topological polar surface area (TPSA) is 110 Å². The van der Waals surface area contributed by atoms with Gasteiger partial charge in [-0.1, -0.05) is 6.07 Å². The summed E-state index contributed by atoms with van der Waals surface area (Å²) in [5, 5.41) is 2.70. The highest BCUT2D eigenvalue weighted by atomic mass is 32.2. The van der Waals surface area contributed by atoms with Crippen molar-refractivity contribution in [1.82, 2.24) is 20.0 Å². The molecule has 1 atom stereocenters. The molecule has 0 spiro atoms. The van der Waals surface area contributed by atoms with Gasteiger partial charge in [-0.3, -0.25) is 4.79 Å². The molecule has 1 aliphatic rings. The Bertz CT molecular complexity index is 836. The molecule has 2 aromatic rings. The maximum atomic E-state index is 12.4. The molecule has 0 bridgehead atoms. The van der Waals surface area contributed by atoms with Gasteiger partial charge in [0.15, 0.2) is 0 Å². The molecule has 1 fully saturated rings. The summed E-state index contributed by atoms with van der Waals surface area (Å²) in [6.45, 7) is 1.13. The number of rotatable bonds is 6. The van der Waals surface area contributed by atoms with Gasteiger partial charge in [0, 0.05) is 24.4 Å². The minimum absolute atomic E-state index is 0.0501. The molecule has 8 nitrogen and oxygen atoms in total. The van der Waals surface area contributed by atoms with E-state index in [-0.39, 0.29) is 29.0 Å². The molecule has 1 aromatic carbocycles. The summed E-state index contributed by atoms with van der Waals surface area (Å²) < 4.78 is 32.6. The lowest BCUT2D eigenvalue weighted by molar-refractivity contribution is 0.0950. The number of carbonyl (C=O) groups excluding carboxylic acids is 1. The zero-order valence-electron chi connectivity index (χ0n) is 13.4. The van der Waals surface area contributed by atoms with E-state index in [0.717, 1.165) is 0 Å². The third-order valence-corrected chi connectivity index (χ3v) is 5.25. The Morgan fingerprint density at radius 3 is 2.92 bits per heavy atom. The lowest BCUT2D eigenvalue weighted by Crippen LogP contribution is -2.35. The second kappa shape index (κ2) is 7.68. The Morgan fingerprint density at radius 2 is 2.20 bits per heavy atom. The third kappa shape index (κ3) is 4.59. The summed E-state index contributed by atoms with van der Waals surface area (Å²) in [7, 11) is -3.70. The lowest BCUT2D eigenvalue weighted by atomic mass is 10.2. The van der Waals surface area contributed by atoms with E-state index in [1.165, 1.54) is 18.5 Å². The Hall–Kier alpha value is -2.36. The van der Waals surface area contributed by atoms with Gasteiger partial charge in [0.1, 0.15) is 6.33 Å². The summed E-state index contributed by atoms with van der Waals surface area (Å²) in [4.78, 5) is 20.1. The number of carbonyl (C=O) groups is 1. The SMILES string of the molecule is O=C(NCc1ccncn1)c1cccc(S(=O)(=O)NC2CCOC2)c1. The predicted octanol–water partition coefficient (Wildman–Crippen LogP) is 0.474. The van der Waals surface area contributed by atoms with Crippen molar-refractivity contribution in [2.75, 3.05) is 13.2 Å². The van der Waals surface area contributed by atoms with Crippen molar-refractivity contribution >= 4 is 15.9 Å². The number of amides is 1. The minimum Gasteiger partial charge on any atom is -0.380 e. The van der Waals surface area contributed by atoms with Crippen LogP contribution in [0.4, 0.5) is 0 Å². The first-order chi connectivity index (χ1) is 12.0.